The number of carboxylic acid groups (broad SMARTS) is 1. The van der Waals surface area contributed by atoms with E-state index in [0.717, 1.165) is 0 Å². The van der Waals surface area contributed by atoms with Crippen LogP contribution in [-0.2, 0) is 4.79 Å². The molecule has 0 aromatic carbocycles. The summed E-state index contributed by atoms with van der Waals surface area (Å²) in [7, 11) is 0. The van der Waals surface area contributed by atoms with Crippen molar-refractivity contribution in [3.63, 3.8) is 0 Å². The Morgan fingerprint density at radius 2 is 2.10 bits per heavy atom. The molecular formula is C13H12N2O4S. The molecule has 6 nitrogen and oxygen atoms in total. The number of aryl methyl sites for hydroxylation is 1. The normalized spacial score (nSPS) is 11.8. The molecule has 3 N–H and O–H groups in total. The lowest BCUT2D eigenvalue weighted by Gasteiger charge is -2.12. The second kappa shape index (κ2) is 5.70. The highest BCUT2D eigenvalue weighted by Crippen LogP contribution is 2.19. The molecule has 0 radical (unpaired) electrons. The van der Waals surface area contributed by atoms with Gasteiger partial charge in [-0.05, 0) is 30.5 Å². The fourth-order valence-corrected chi connectivity index (χ4v) is 2.44. The number of rotatable bonds is 4. The monoisotopic (exact) mass is 292 g/mol. The fourth-order valence-electron chi connectivity index (χ4n) is 1.67. The predicted molar refractivity (Wildman–Crippen MR) is 74.0 cm³/mol. The number of aromatic nitrogens is 1. The Bertz CT molecular complexity index is 691. The Morgan fingerprint density at radius 3 is 2.65 bits per heavy atom. The Morgan fingerprint density at radius 1 is 1.35 bits per heavy atom. The van der Waals surface area contributed by atoms with Gasteiger partial charge in [-0.2, -0.15) is 0 Å². The minimum Gasteiger partial charge on any atom is -0.479 e. The minimum absolute atomic E-state index is 0.113. The molecule has 0 aliphatic carbocycles. The number of aliphatic carboxylic acids is 1. The lowest BCUT2D eigenvalue weighted by atomic mass is 10.2. The molecule has 7 heteroatoms. The number of hydrogen-bond donors (Lipinski definition) is 3. The number of carbonyl (C=O) groups excluding carboxylic acids is 1. The Labute approximate surface area is 118 Å². The largest absolute Gasteiger partial charge is 0.479 e. The van der Waals surface area contributed by atoms with Crippen LogP contribution in [0.2, 0.25) is 0 Å². The summed E-state index contributed by atoms with van der Waals surface area (Å²) in [5.41, 5.74) is -0.0317. The molecule has 0 aliphatic rings. The molecule has 0 bridgehead atoms. The number of hydrogen-bond acceptors (Lipinski definition) is 4. The molecule has 2 aromatic heterocycles. The summed E-state index contributed by atoms with van der Waals surface area (Å²) in [4.78, 5) is 37.9. The number of aromatic amines is 1. The van der Waals surface area contributed by atoms with Gasteiger partial charge in [-0.1, -0.05) is 6.07 Å². The highest BCUT2D eigenvalue weighted by Gasteiger charge is 2.24. The van der Waals surface area contributed by atoms with Crippen LogP contribution in [0.4, 0.5) is 0 Å². The Balaban J connectivity index is 2.25. The van der Waals surface area contributed by atoms with Gasteiger partial charge in [-0.3, -0.25) is 9.59 Å². The first-order valence-corrected chi connectivity index (χ1v) is 6.64. The van der Waals surface area contributed by atoms with Crippen molar-refractivity contribution < 1.29 is 14.7 Å². The van der Waals surface area contributed by atoms with E-state index < -0.39 is 23.5 Å². The summed E-state index contributed by atoms with van der Waals surface area (Å²) in [6.45, 7) is 1.69. The first-order chi connectivity index (χ1) is 9.49. The van der Waals surface area contributed by atoms with Gasteiger partial charge >= 0.3 is 5.97 Å². The molecule has 20 heavy (non-hydrogen) atoms. The molecule has 0 spiro atoms. The third kappa shape index (κ3) is 2.94. The number of carboxylic acids is 1. The first kappa shape index (κ1) is 14.0. The lowest BCUT2D eigenvalue weighted by molar-refractivity contribution is -0.139. The van der Waals surface area contributed by atoms with Crippen molar-refractivity contribution in [1.29, 1.82) is 0 Å². The van der Waals surface area contributed by atoms with Gasteiger partial charge in [0.25, 0.3) is 11.5 Å². The standard InChI is InChI=1S/C13H12N2O4S/c1-7-4-5-8(11(16)14-7)12(17)15-10(13(18)19)9-3-2-6-20-9/h2-6,10H,1H3,(H,14,16)(H,15,17)(H,18,19). The zero-order valence-electron chi connectivity index (χ0n) is 10.5. The van der Waals surface area contributed by atoms with Crippen LogP contribution in [0.25, 0.3) is 0 Å². The number of nitrogens with one attached hydrogen (secondary N) is 2. The van der Waals surface area contributed by atoms with Gasteiger partial charge in [0.05, 0.1) is 0 Å². The minimum atomic E-state index is -1.18. The predicted octanol–water partition coefficient (Wildman–Crippen LogP) is 1.30. The van der Waals surface area contributed by atoms with E-state index in [2.05, 4.69) is 10.3 Å². The molecule has 104 valence electrons. The quantitative estimate of drug-likeness (QED) is 0.791. The molecule has 2 rings (SSSR count). The lowest BCUT2D eigenvalue weighted by Crippen LogP contribution is -2.36. The fraction of sp³-hybridized carbons (Fsp3) is 0.154. The van der Waals surface area contributed by atoms with Crippen LogP contribution in [0.15, 0.2) is 34.4 Å². The van der Waals surface area contributed by atoms with Crippen LogP contribution in [-0.4, -0.2) is 22.0 Å². The SMILES string of the molecule is Cc1ccc(C(=O)NC(C(=O)O)c2cccs2)c(=O)[nH]1. The van der Waals surface area contributed by atoms with Crippen LogP contribution in [0, 0.1) is 6.92 Å². The van der Waals surface area contributed by atoms with Crippen molar-refractivity contribution in [1.82, 2.24) is 10.3 Å². The van der Waals surface area contributed by atoms with Crippen molar-refractivity contribution in [2.24, 2.45) is 0 Å². The number of pyridine rings is 1. The molecule has 2 aromatic rings. The van der Waals surface area contributed by atoms with Gasteiger partial charge in [-0.15, -0.1) is 11.3 Å². The topological polar surface area (TPSA) is 99.3 Å². The van der Waals surface area contributed by atoms with E-state index in [1.807, 2.05) is 0 Å². The van der Waals surface area contributed by atoms with Gasteiger partial charge in [0.15, 0.2) is 6.04 Å². The molecular weight excluding hydrogens is 280 g/mol. The summed E-state index contributed by atoms with van der Waals surface area (Å²) in [6.07, 6.45) is 0. The van der Waals surface area contributed by atoms with Crippen molar-refractivity contribution in [3.05, 3.63) is 56.1 Å². The number of H-pyrrole nitrogens is 1. The first-order valence-electron chi connectivity index (χ1n) is 5.76. The van der Waals surface area contributed by atoms with Crippen LogP contribution in [0.5, 0.6) is 0 Å². The third-order valence-corrected chi connectivity index (χ3v) is 3.59. The van der Waals surface area contributed by atoms with Gasteiger partial charge in [-0.25, -0.2) is 4.79 Å². The van der Waals surface area contributed by atoms with E-state index in [9.17, 15) is 14.4 Å². The summed E-state index contributed by atoms with van der Waals surface area (Å²) in [5.74, 6) is -1.89. The molecule has 1 unspecified atom stereocenters. The van der Waals surface area contributed by atoms with E-state index in [0.29, 0.717) is 10.6 Å². The summed E-state index contributed by atoms with van der Waals surface area (Å²) in [5, 5.41) is 13.2. The van der Waals surface area contributed by atoms with Gasteiger partial charge in [0.2, 0.25) is 0 Å². The van der Waals surface area contributed by atoms with Crippen molar-refractivity contribution in [2.75, 3.05) is 0 Å². The van der Waals surface area contributed by atoms with Gasteiger partial charge in [0.1, 0.15) is 5.56 Å². The maximum absolute atomic E-state index is 12.0. The second-order valence-electron chi connectivity index (χ2n) is 4.14. The second-order valence-corrected chi connectivity index (χ2v) is 5.12. The maximum Gasteiger partial charge on any atom is 0.331 e. The number of carbonyl (C=O) groups is 2. The highest BCUT2D eigenvalue weighted by molar-refractivity contribution is 7.10. The highest BCUT2D eigenvalue weighted by atomic mass is 32.1. The molecule has 0 fully saturated rings. The number of amides is 1. The molecule has 0 saturated carbocycles. The van der Waals surface area contributed by atoms with E-state index in [-0.39, 0.29) is 5.56 Å². The maximum atomic E-state index is 12.0. The van der Waals surface area contributed by atoms with Crippen LogP contribution in [0.1, 0.15) is 27.0 Å². The van der Waals surface area contributed by atoms with Crippen LogP contribution >= 0.6 is 11.3 Å². The van der Waals surface area contributed by atoms with Crippen LogP contribution in [0.3, 0.4) is 0 Å². The van der Waals surface area contributed by atoms with Crippen LogP contribution < -0.4 is 10.9 Å². The molecule has 2 heterocycles. The van der Waals surface area contributed by atoms with Gasteiger partial charge < -0.3 is 15.4 Å². The van der Waals surface area contributed by atoms with Gasteiger partial charge in [0, 0.05) is 10.6 Å². The van der Waals surface area contributed by atoms with Crippen molar-refractivity contribution >= 4 is 23.2 Å². The molecule has 0 saturated heterocycles. The van der Waals surface area contributed by atoms with E-state index in [4.69, 9.17) is 5.11 Å². The zero-order valence-corrected chi connectivity index (χ0v) is 11.4. The molecule has 0 aliphatic heterocycles. The average Bonchev–Trinajstić information content (AvgIpc) is 2.88. The smallest absolute Gasteiger partial charge is 0.331 e. The summed E-state index contributed by atoms with van der Waals surface area (Å²) in [6, 6.07) is 5.10. The Hall–Kier alpha value is -2.41. The average molecular weight is 292 g/mol. The summed E-state index contributed by atoms with van der Waals surface area (Å²) < 4.78 is 0. The van der Waals surface area contributed by atoms with Crippen molar-refractivity contribution in [2.45, 2.75) is 13.0 Å². The summed E-state index contributed by atoms with van der Waals surface area (Å²) >= 11 is 1.22. The van der Waals surface area contributed by atoms with E-state index in [1.54, 1.807) is 30.5 Å². The molecule has 1 atom stereocenters. The number of thiophene rings is 1. The third-order valence-electron chi connectivity index (χ3n) is 2.65. The molecule has 1 amide bonds. The zero-order chi connectivity index (χ0) is 14.7. The van der Waals surface area contributed by atoms with E-state index in [1.165, 1.54) is 17.4 Å². The van der Waals surface area contributed by atoms with Crippen molar-refractivity contribution in [3.8, 4) is 0 Å². The Kier molecular flexibility index (Phi) is 3.99. The van der Waals surface area contributed by atoms with E-state index >= 15 is 0 Å².